The Labute approximate surface area is 101 Å². The molecule has 16 heavy (non-hydrogen) atoms. The summed E-state index contributed by atoms with van der Waals surface area (Å²) in [4.78, 5) is 25.4. The third-order valence-electron chi connectivity index (χ3n) is 2.65. The van der Waals surface area contributed by atoms with Gasteiger partial charge < -0.3 is 10.2 Å². The van der Waals surface area contributed by atoms with E-state index in [2.05, 4.69) is 5.32 Å². The number of hydrogen-bond acceptors (Lipinski definition) is 3. The maximum absolute atomic E-state index is 11.8. The standard InChI is InChI=1S/C11H20N2O2S/c1-11(2,3)9-10(15)12-7-8(14)13(9)5-6-16-4/h9H,5-7H2,1-4H3,(H,12,15). The lowest BCUT2D eigenvalue weighted by Gasteiger charge is -2.42. The van der Waals surface area contributed by atoms with Gasteiger partial charge in [-0.15, -0.1) is 0 Å². The topological polar surface area (TPSA) is 49.4 Å². The Morgan fingerprint density at radius 1 is 1.44 bits per heavy atom. The minimum Gasteiger partial charge on any atom is -0.345 e. The van der Waals surface area contributed by atoms with Crippen LogP contribution in [0.3, 0.4) is 0 Å². The second-order valence-electron chi connectivity index (χ2n) is 5.07. The SMILES string of the molecule is CSCCN1C(=O)CNC(=O)C1C(C)(C)C. The van der Waals surface area contributed by atoms with Gasteiger partial charge in [0.2, 0.25) is 11.8 Å². The molecule has 5 heteroatoms. The summed E-state index contributed by atoms with van der Waals surface area (Å²) in [5.74, 6) is 0.854. The van der Waals surface area contributed by atoms with Gasteiger partial charge in [-0.05, 0) is 11.7 Å². The second-order valence-corrected chi connectivity index (χ2v) is 6.05. The van der Waals surface area contributed by atoms with Gasteiger partial charge in [0.05, 0.1) is 6.54 Å². The molecule has 1 fully saturated rings. The highest BCUT2D eigenvalue weighted by atomic mass is 32.2. The summed E-state index contributed by atoms with van der Waals surface area (Å²) in [6.07, 6.45) is 2.00. The summed E-state index contributed by atoms with van der Waals surface area (Å²) < 4.78 is 0. The first-order valence-corrected chi connectivity index (χ1v) is 6.83. The second kappa shape index (κ2) is 5.08. The number of nitrogens with zero attached hydrogens (tertiary/aromatic N) is 1. The van der Waals surface area contributed by atoms with E-state index in [1.165, 1.54) is 0 Å². The van der Waals surface area contributed by atoms with Gasteiger partial charge in [-0.1, -0.05) is 20.8 Å². The number of rotatable bonds is 3. The Morgan fingerprint density at radius 3 is 2.56 bits per heavy atom. The van der Waals surface area contributed by atoms with Gasteiger partial charge in [-0.2, -0.15) is 11.8 Å². The number of piperazine rings is 1. The van der Waals surface area contributed by atoms with Gasteiger partial charge >= 0.3 is 0 Å². The van der Waals surface area contributed by atoms with Crippen LogP contribution in [-0.4, -0.2) is 47.9 Å². The summed E-state index contributed by atoms with van der Waals surface area (Å²) in [5, 5.41) is 2.66. The molecule has 1 unspecified atom stereocenters. The molecule has 1 atom stereocenters. The molecule has 0 saturated carbocycles. The van der Waals surface area contributed by atoms with Crippen LogP contribution in [0.15, 0.2) is 0 Å². The largest absolute Gasteiger partial charge is 0.345 e. The highest BCUT2D eigenvalue weighted by molar-refractivity contribution is 7.98. The molecule has 0 bridgehead atoms. The number of amides is 2. The van der Waals surface area contributed by atoms with E-state index in [0.717, 1.165) is 5.75 Å². The molecule has 1 heterocycles. The minimum atomic E-state index is -0.346. The molecule has 0 aromatic carbocycles. The van der Waals surface area contributed by atoms with Crippen LogP contribution >= 0.6 is 11.8 Å². The lowest BCUT2D eigenvalue weighted by atomic mass is 9.84. The Morgan fingerprint density at radius 2 is 2.06 bits per heavy atom. The van der Waals surface area contributed by atoms with Crippen molar-refractivity contribution in [3.8, 4) is 0 Å². The molecule has 0 spiro atoms. The van der Waals surface area contributed by atoms with Crippen molar-refractivity contribution in [1.82, 2.24) is 10.2 Å². The predicted octanol–water partition coefficient (Wildman–Crippen LogP) is 0.722. The van der Waals surface area contributed by atoms with E-state index in [1.54, 1.807) is 16.7 Å². The van der Waals surface area contributed by atoms with E-state index in [1.807, 2.05) is 27.0 Å². The van der Waals surface area contributed by atoms with E-state index in [9.17, 15) is 9.59 Å². The van der Waals surface area contributed by atoms with Gasteiger partial charge in [-0.25, -0.2) is 0 Å². The van der Waals surface area contributed by atoms with Crippen molar-refractivity contribution in [3.05, 3.63) is 0 Å². The molecule has 92 valence electrons. The van der Waals surface area contributed by atoms with Crippen molar-refractivity contribution in [3.63, 3.8) is 0 Å². The lowest BCUT2D eigenvalue weighted by molar-refractivity contribution is -0.149. The Bertz CT molecular complexity index is 286. The molecular weight excluding hydrogens is 224 g/mol. The van der Waals surface area contributed by atoms with E-state index < -0.39 is 0 Å². The monoisotopic (exact) mass is 244 g/mol. The molecule has 0 aromatic heterocycles. The summed E-state index contributed by atoms with van der Waals surface area (Å²) >= 11 is 1.69. The zero-order valence-corrected chi connectivity index (χ0v) is 11.2. The Balaban J connectivity index is 2.86. The molecule has 1 aliphatic rings. The fourth-order valence-electron chi connectivity index (χ4n) is 1.95. The molecule has 0 radical (unpaired) electrons. The minimum absolute atomic E-state index is 0.0218. The van der Waals surface area contributed by atoms with Crippen molar-refractivity contribution >= 4 is 23.6 Å². The third-order valence-corrected chi connectivity index (χ3v) is 3.24. The number of carbonyl (C=O) groups excluding carboxylic acids is 2. The summed E-state index contributed by atoms with van der Waals surface area (Å²) in [6.45, 7) is 6.75. The maximum atomic E-state index is 11.8. The van der Waals surface area contributed by atoms with E-state index in [4.69, 9.17) is 0 Å². The molecule has 4 nitrogen and oxygen atoms in total. The summed E-state index contributed by atoms with van der Waals surface area (Å²) in [5.41, 5.74) is -0.224. The Kier molecular flexibility index (Phi) is 4.24. The zero-order chi connectivity index (χ0) is 12.3. The first-order valence-electron chi connectivity index (χ1n) is 5.44. The zero-order valence-electron chi connectivity index (χ0n) is 10.4. The quantitative estimate of drug-likeness (QED) is 0.796. The fourth-order valence-corrected chi connectivity index (χ4v) is 2.33. The molecule has 2 amide bonds. The van der Waals surface area contributed by atoms with E-state index >= 15 is 0 Å². The maximum Gasteiger partial charge on any atom is 0.243 e. The fraction of sp³-hybridized carbons (Fsp3) is 0.818. The average Bonchev–Trinajstić information content (AvgIpc) is 2.17. The first kappa shape index (κ1) is 13.4. The van der Waals surface area contributed by atoms with E-state index in [0.29, 0.717) is 6.54 Å². The number of carbonyl (C=O) groups is 2. The van der Waals surface area contributed by atoms with Crippen molar-refractivity contribution in [1.29, 1.82) is 0 Å². The van der Waals surface area contributed by atoms with Crippen LogP contribution in [0.5, 0.6) is 0 Å². The van der Waals surface area contributed by atoms with Crippen LogP contribution < -0.4 is 5.32 Å². The predicted molar refractivity (Wildman–Crippen MR) is 66.3 cm³/mol. The van der Waals surface area contributed by atoms with Gasteiger partial charge in [-0.3, -0.25) is 9.59 Å². The molecule has 0 aromatic rings. The van der Waals surface area contributed by atoms with Crippen molar-refractivity contribution in [2.45, 2.75) is 26.8 Å². The normalized spacial score (nSPS) is 22.2. The number of nitrogens with one attached hydrogen (secondary N) is 1. The van der Waals surface area contributed by atoms with Crippen molar-refractivity contribution in [2.24, 2.45) is 5.41 Å². The number of thioether (sulfide) groups is 1. The van der Waals surface area contributed by atoms with Crippen molar-refractivity contribution in [2.75, 3.05) is 25.1 Å². The van der Waals surface area contributed by atoms with Crippen LogP contribution in [0, 0.1) is 5.41 Å². The third kappa shape index (κ3) is 2.90. The summed E-state index contributed by atoms with van der Waals surface area (Å²) in [7, 11) is 0. The summed E-state index contributed by atoms with van der Waals surface area (Å²) in [6, 6.07) is -0.346. The van der Waals surface area contributed by atoms with Crippen LogP contribution in [0.25, 0.3) is 0 Å². The van der Waals surface area contributed by atoms with Gasteiger partial charge in [0.15, 0.2) is 0 Å². The van der Waals surface area contributed by atoms with Gasteiger partial charge in [0, 0.05) is 12.3 Å². The Hall–Kier alpha value is -0.710. The van der Waals surface area contributed by atoms with Crippen LogP contribution in [0.1, 0.15) is 20.8 Å². The average molecular weight is 244 g/mol. The van der Waals surface area contributed by atoms with Crippen molar-refractivity contribution < 1.29 is 9.59 Å². The highest BCUT2D eigenvalue weighted by Gasteiger charge is 2.41. The molecule has 1 rings (SSSR count). The van der Waals surface area contributed by atoms with Crippen LogP contribution in [0.4, 0.5) is 0 Å². The molecule has 0 aliphatic carbocycles. The highest BCUT2D eigenvalue weighted by Crippen LogP contribution is 2.26. The molecular formula is C11H20N2O2S. The first-order chi connectivity index (χ1) is 7.38. The molecule has 1 saturated heterocycles. The smallest absolute Gasteiger partial charge is 0.243 e. The van der Waals surface area contributed by atoms with Gasteiger partial charge in [0.1, 0.15) is 6.04 Å². The lowest BCUT2D eigenvalue weighted by Crippen LogP contribution is -2.63. The molecule has 1 N–H and O–H groups in total. The van der Waals surface area contributed by atoms with Gasteiger partial charge in [0.25, 0.3) is 0 Å². The van der Waals surface area contributed by atoms with E-state index in [-0.39, 0.29) is 29.8 Å². The molecule has 1 aliphatic heterocycles. The van der Waals surface area contributed by atoms with Crippen LogP contribution in [-0.2, 0) is 9.59 Å². The number of hydrogen-bond donors (Lipinski definition) is 1. The van der Waals surface area contributed by atoms with Crippen LogP contribution in [0.2, 0.25) is 0 Å².